The Labute approximate surface area is 162 Å². The first-order valence-electron chi connectivity index (χ1n) is 7.91. The van der Waals surface area contributed by atoms with Crippen molar-refractivity contribution in [2.45, 2.75) is 20.8 Å². The molecule has 0 heterocycles. The number of halogens is 2. The molecule has 0 fully saturated rings. The molecule has 7 heteroatoms. The second kappa shape index (κ2) is 8.43. The van der Waals surface area contributed by atoms with Crippen LogP contribution < -0.4 is 15.0 Å². The number of nitrogens with zero attached hydrogens (tertiary/aromatic N) is 1. The predicted molar refractivity (Wildman–Crippen MR) is 106 cm³/mol. The maximum absolute atomic E-state index is 12.4. The molecule has 0 saturated heterocycles. The summed E-state index contributed by atoms with van der Waals surface area (Å²) in [4.78, 5) is 25.9. The molecule has 2 amide bonds. The topological polar surface area (TPSA) is 58.6 Å². The molecular weight excluding hydrogens is 375 g/mol. The van der Waals surface area contributed by atoms with Crippen molar-refractivity contribution < 1.29 is 14.3 Å². The number of rotatable bonds is 5. The summed E-state index contributed by atoms with van der Waals surface area (Å²) in [6.45, 7) is 5.00. The van der Waals surface area contributed by atoms with Gasteiger partial charge in [0, 0.05) is 12.6 Å². The van der Waals surface area contributed by atoms with E-state index in [0.717, 1.165) is 11.1 Å². The quantitative estimate of drug-likeness (QED) is 0.805. The first kappa shape index (κ1) is 20.1. The lowest BCUT2D eigenvalue weighted by Crippen LogP contribution is -2.37. The van der Waals surface area contributed by atoms with Gasteiger partial charge in [0.2, 0.25) is 11.8 Å². The number of carbonyl (C=O) groups excluding carboxylic acids is 2. The number of carbonyl (C=O) groups is 2. The van der Waals surface area contributed by atoms with E-state index >= 15 is 0 Å². The largest absolute Gasteiger partial charge is 0.495 e. The van der Waals surface area contributed by atoms with Gasteiger partial charge in [0.05, 0.1) is 22.8 Å². The molecule has 1 N–H and O–H groups in total. The minimum Gasteiger partial charge on any atom is -0.495 e. The van der Waals surface area contributed by atoms with Gasteiger partial charge in [0.1, 0.15) is 12.3 Å². The molecule has 0 aromatic heterocycles. The van der Waals surface area contributed by atoms with Gasteiger partial charge >= 0.3 is 0 Å². The number of ether oxygens (including phenoxy) is 1. The van der Waals surface area contributed by atoms with Gasteiger partial charge < -0.3 is 15.0 Å². The zero-order valence-electron chi connectivity index (χ0n) is 15.0. The van der Waals surface area contributed by atoms with Crippen molar-refractivity contribution in [2.75, 3.05) is 23.9 Å². The molecule has 0 aliphatic rings. The summed E-state index contributed by atoms with van der Waals surface area (Å²) in [5, 5.41) is 3.53. The van der Waals surface area contributed by atoms with Gasteiger partial charge in [-0.3, -0.25) is 9.59 Å². The maximum Gasteiger partial charge on any atom is 0.244 e. The Hall–Kier alpha value is -2.24. The molecule has 0 spiro atoms. The summed E-state index contributed by atoms with van der Waals surface area (Å²) in [6, 6.07) is 8.59. The summed E-state index contributed by atoms with van der Waals surface area (Å²) in [6.07, 6.45) is 0. The van der Waals surface area contributed by atoms with E-state index in [1.165, 1.54) is 18.9 Å². The van der Waals surface area contributed by atoms with Crippen LogP contribution in [0.3, 0.4) is 0 Å². The highest BCUT2D eigenvalue weighted by Crippen LogP contribution is 2.31. The van der Waals surface area contributed by atoms with Gasteiger partial charge in [-0.1, -0.05) is 29.3 Å². The smallest absolute Gasteiger partial charge is 0.244 e. The van der Waals surface area contributed by atoms with E-state index in [2.05, 4.69) is 5.32 Å². The minimum absolute atomic E-state index is 0.164. The number of hydrogen-bond acceptors (Lipinski definition) is 3. The molecule has 0 aliphatic carbocycles. The van der Waals surface area contributed by atoms with E-state index in [1.807, 2.05) is 19.9 Å². The van der Waals surface area contributed by atoms with Gasteiger partial charge in [-0.2, -0.15) is 0 Å². The first-order valence-corrected chi connectivity index (χ1v) is 8.66. The summed E-state index contributed by atoms with van der Waals surface area (Å²) in [5.74, 6) is -0.128. The average Bonchev–Trinajstić information content (AvgIpc) is 2.53. The lowest BCUT2D eigenvalue weighted by atomic mass is 10.1. The Kier molecular flexibility index (Phi) is 6.51. The summed E-state index contributed by atoms with van der Waals surface area (Å²) in [7, 11) is 1.51. The first-order chi connectivity index (χ1) is 12.2. The Morgan fingerprint density at radius 2 is 1.81 bits per heavy atom. The summed E-state index contributed by atoms with van der Waals surface area (Å²) in [5.41, 5.74) is 2.85. The van der Waals surface area contributed by atoms with E-state index in [9.17, 15) is 9.59 Å². The number of aryl methyl sites for hydroxylation is 2. The normalized spacial score (nSPS) is 10.4. The van der Waals surface area contributed by atoms with Gasteiger partial charge in [-0.15, -0.1) is 0 Å². The van der Waals surface area contributed by atoms with Crippen molar-refractivity contribution in [3.8, 4) is 5.75 Å². The van der Waals surface area contributed by atoms with Crippen molar-refractivity contribution in [3.05, 3.63) is 51.5 Å². The Morgan fingerprint density at radius 1 is 1.12 bits per heavy atom. The molecule has 2 aromatic carbocycles. The number of anilines is 2. The summed E-state index contributed by atoms with van der Waals surface area (Å²) >= 11 is 12.4. The van der Waals surface area contributed by atoms with Crippen LogP contribution in [-0.4, -0.2) is 25.5 Å². The second-order valence-corrected chi connectivity index (χ2v) is 6.73. The summed E-state index contributed by atoms with van der Waals surface area (Å²) < 4.78 is 5.08. The Morgan fingerprint density at radius 3 is 2.35 bits per heavy atom. The van der Waals surface area contributed by atoms with Gasteiger partial charge in [-0.05, 0) is 49.2 Å². The van der Waals surface area contributed by atoms with Crippen LogP contribution in [0.25, 0.3) is 0 Å². The van der Waals surface area contributed by atoms with Crippen molar-refractivity contribution in [1.29, 1.82) is 0 Å². The third-order valence-corrected chi connectivity index (χ3v) is 4.37. The third kappa shape index (κ3) is 4.68. The third-order valence-electron chi connectivity index (χ3n) is 3.79. The number of nitrogens with one attached hydrogen (secondary N) is 1. The monoisotopic (exact) mass is 394 g/mol. The molecule has 0 radical (unpaired) electrons. The fraction of sp³-hybridized carbons (Fsp3) is 0.263. The molecule has 0 unspecified atom stereocenters. The van der Waals surface area contributed by atoms with Crippen molar-refractivity contribution in [1.82, 2.24) is 0 Å². The predicted octanol–water partition coefficient (Wildman–Crippen LogP) is 4.61. The highest BCUT2D eigenvalue weighted by Gasteiger charge is 2.21. The van der Waals surface area contributed by atoms with Crippen LogP contribution in [-0.2, 0) is 9.59 Å². The Bertz CT molecular complexity index is 830. The van der Waals surface area contributed by atoms with E-state index in [1.54, 1.807) is 24.3 Å². The highest BCUT2D eigenvalue weighted by atomic mass is 35.5. The Balaban J connectivity index is 2.22. The minimum atomic E-state index is -0.363. The maximum atomic E-state index is 12.4. The zero-order chi connectivity index (χ0) is 19.4. The van der Waals surface area contributed by atoms with Gasteiger partial charge in [0.25, 0.3) is 0 Å². The lowest BCUT2D eigenvalue weighted by molar-refractivity contribution is -0.120. The van der Waals surface area contributed by atoms with Crippen LogP contribution in [0, 0.1) is 13.8 Å². The molecule has 5 nitrogen and oxygen atoms in total. The van der Waals surface area contributed by atoms with Crippen molar-refractivity contribution in [3.63, 3.8) is 0 Å². The second-order valence-electron chi connectivity index (χ2n) is 5.91. The highest BCUT2D eigenvalue weighted by molar-refractivity contribution is 6.34. The fourth-order valence-corrected chi connectivity index (χ4v) is 3.37. The molecule has 0 saturated carbocycles. The number of hydrogen-bond donors (Lipinski definition) is 1. The van der Waals surface area contributed by atoms with Crippen LogP contribution in [0.2, 0.25) is 10.0 Å². The van der Waals surface area contributed by atoms with Gasteiger partial charge in [0.15, 0.2) is 0 Å². The molecule has 0 aliphatic heterocycles. The van der Waals surface area contributed by atoms with E-state index in [4.69, 9.17) is 27.9 Å². The van der Waals surface area contributed by atoms with Crippen molar-refractivity contribution >= 4 is 46.4 Å². The van der Waals surface area contributed by atoms with E-state index in [-0.39, 0.29) is 18.4 Å². The van der Waals surface area contributed by atoms with Crippen LogP contribution in [0.5, 0.6) is 5.75 Å². The van der Waals surface area contributed by atoms with Crippen molar-refractivity contribution in [2.24, 2.45) is 0 Å². The standard InChI is InChI=1S/C19H20Cl2N2O3/c1-11-7-12(2)19(16(21)8-11)23(13(3)24)10-18(25)22-14-5-6-17(26-4)15(20)9-14/h5-9H,10H2,1-4H3,(H,22,25). The van der Waals surface area contributed by atoms with Crippen LogP contribution >= 0.6 is 23.2 Å². The molecule has 26 heavy (non-hydrogen) atoms. The van der Waals surface area contributed by atoms with E-state index in [0.29, 0.717) is 27.2 Å². The van der Waals surface area contributed by atoms with Gasteiger partial charge in [-0.25, -0.2) is 0 Å². The fourth-order valence-electron chi connectivity index (χ4n) is 2.69. The molecule has 2 rings (SSSR count). The van der Waals surface area contributed by atoms with Crippen LogP contribution in [0.1, 0.15) is 18.1 Å². The number of methoxy groups -OCH3 is 1. The zero-order valence-corrected chi connectivity index (χ0v) is 16.5. The van der Waals surface area contributed by atoms with E-state index < -0.39 is 0 Å². The SMILES string of the molecule is COc1ccc(NC(=O)CN(C(C)=O)c2c(C)cc(C)cc2Cl)cc1Cl. The molecule has 138 valence electrons. The number of amides is 2. The molecule has 2 aromatic rings. The molecule has 0 bridgehead atoms. The molecular formula is C19H20Cl2N2O3. The number of benzene rings is 2. The molecule has 0 atom stereocenters. The van der Waals surface area contributed by atoms with Crippen LogP contribution in [0.15, 0.2) is 30.3 Å². The average molecular weight is 395 g/mol. The van der Waals surface area contributed by atoms with Crippen LogP contribution in [0.4, 0.5) is 11.4 Å². The lowest BCUT2D eigenvalue weighted by Gasteiger charge is -2.24.